The van der Waals surface area contributed by atoms with Gasteiger partial charge in [0.2, 0.25) is 0 Å². The highest BCUT2D eigenvalue weighted by Crippen LogP contribution is 2.40. The fourth-order valence-electron chi connectivity index (χ4n) is 6.87. The van der Waals surface area contributed by atoms with E-state index in [-0.39, 0.29) is 0 Å². The average molecular weight is 616 g/mol. The lowest BCUT2D eigenvalue weighted by Gasteiger charge is -2.14. The van der Waals surface area contributed by atoms with E-state index in [1.807, 2.05) is 18.2 Å². The molecule has 48 heavy (non-hydrogen) atoms. The van der Waals surface area contributed by atoms with E-state index in [0.29, 0.717) is 17.5 Å². The van der Waals surface area contributed by atoms with E-state index in [1.165, 1.54) is 21.5 Å². The Morgan fingerprint density at radius 1 is 0.500 bits per heavy atom. The molecule has 0 unspecified atom stereocenters. The first-order valence-electron chi connectivity index (χ1n) is 16.1. The first-order valence-corrected chi connectivity index (χ1v) is 16.1. The standard InChI is InChI=1S/C44H29N3O/c1-3-39-41(38-15-8-9-18-40(38)48-39)34-16-10-17-35(27(34)2)44-46-42(32-22-19-28-11-4-5-13-30(28)25-32)45-43(47-44)33-23-24-37-31(26-33)21-20-29-12-6-7-14-36(29)37/h3-26H,1H2,2H3. The van der Waals surface area contributed by atoms with Crippen molar-refractivity contribution in [1.29, 1.82) is 0 Å². The van der Waals surface area contributed by atoms with Gasteiger partial charge in [0.05, 0.1) is 0 Å². The highest BCUT2D eigenvalue weighted by molar-refractivity contribution is 6.08. The molecule has 9 aromatic rings. The summed E-state index contributed by atoms with van der Waals surface area (Å²) in [5.41, 5.74) is 6.77. The van der Waals surface area contributed by atoms with Gasteiger partial charge in [0.15, 0.2) is 17.5 Å². The number of aromatic nitrogens is 3. The molecule has 9 rings (SSSR count). The molecule has 0 amide bonds. The molecule has 0 radical (unpaired) electrons. The molecule has 0 saturated heterocycles. The maximum absolute atomic E-state index is 6.19. The molecule has 0 aliphatic rings. The lowest BCUT2D eigenvalue weighted by atomic mass is 9.94. The minimum absolute atomic E-state index is 0.620. The fourth-order valence-corrected chi connectivity index (χ4v) is 6.87. The van der Waals surface area contributed by atoms with Gasteiger partial charge in [0.25, 0.3) is 0 Å². The molecule has 226 valence electrons. The Bertz CT molecular complexity index is 2720. The van der Waals surface area contributed by atoms with Crippen molar-refractivity contribution in [2.45, 2.75) is 6.92 Å². The van der Waals surface area contributed by atoms with E-state index in [0.717, 1.165) is 60.9 Å². The van der Waals surface area contributed by atoms with Crippen LogP contribution in [0.1, 0.15) is 11.3 Å². The molecule has 0 bridgehead atoms. The van der Waals surface area contributed by atoms with E-state index in [4.69, 9.17) is 19.4 Å². The van der Waals surface area contributed by atoms with E-state index >= 15 is 0 Å². The number of para-hydroxylation sites is 1. The van der Waals surface area contributed by atoms with Crippen molar-refractivity contribution in [3.63, 3.8) is 0 Å². The number of rotatable bonds is 5. The second-order valence-corrected chi connectivity index (χ2v) is 12.1. The third kappa shape index (κ3) is 4.57. The Morgan fingerprint density at radius 3 is 1.90 bits per heavy atom. The van der Waals surface area contributed by atoms with Crippen LogP contribution < -0.4 is 0 Å². The first-order chi connectivity index (χ1) is 23.6. The molecule has 0 aliphatic heterocycles. The van der Waals surface area contributed by atoms with Gasteiger partial charge in [-0.25, -0.2) is 15.0 Å². The number of furan rings is 1. The Balaban J connectivity index is 1.26. The van der Waals surface area contributed by atoms with E-state index < -0.39 is 0 Å². The normalized spacial score (nSPS) is 11.5. The topological polar surface area (TPSA) is 51.8 Å². The second kappa shape index (κ2) is 11.1. The van der Waals surface area contributed by atoms with E-state index in [1.54, 1.807) is 6.08 Å². The van der Waals surface area contributed by atoms with Gasteiger partial charge < -0.3 is 4.42 Å². The van der Waals surface area contributed by atoms with Gasteiger partial charge in [0.1, 0.15) is 11.3 Å². The molecule has 2 aromatic heterocycles. The van der Waals surface area contributed by atoms with Crippen molar-refractivity contribution in [3.05, 3.63) is 157 Å². The fraction of sp³-hybridized carbons (Fsp3) is 0.0227. The minimum Gasteiger partial charge on any atom is -0.456 e. The lowest BCUT2D eigenvalue weighted by molar-refractivity contribution is 0.605. The van der Waals surface area contributed by atoms with Crippen molar-refractivity contribution in [3.8, 4) is 45.3 Å². The summed E-state index contributed by atoms with van der Waals surface area (Å²) in [6.45, 7) is 6.17. The van der Waals surface area contributed by atoms with Crippen LogP contribution >= 0.6 is 0 Å². The SMILES string of the molecule is C=Cc1oc2ccccc2c1-c1cccc(-c2nc(-c3ccc4ccccc4c3)nc(-c3ccc4c(ccc5ccccc54)c3)n2)c1C. The average Bonchev–Trinajstić information content (AvgIpc) is 3.53. The molecule has 0 saturated carbocycles. The molecule has 2 heterocycles. The number of nitrogens with zero attached hydrogens (tertiary/aromatic N) is 3. The molecule has 4 nitrogen and oxygen atoms in total. The first kappa shape index (κ1) is 27.9. The van der Waals surface area contributed by atoms with Crippen molar-refractivity contribution in [1.82, 2.24) is 15.0 Å². The zero-order chi connectivity index (χ0) is 32.2. The Morgan fingerprint density at radius 2 is 1.08 bits per heavy atom. The molecule has 0 N–H and O–H groups in total. The zero-order valence-electron chi connectivity index (χ0n) is 26.3. The third-order valence-electron chi connectivity index (χ3n) is 9.30. The van der Waals surface area contributed by atoms with Crippen molar-refractivity contribution < 1.29 is 4.42 Å². The van der Waals surface area contributed by atoms with Crippen LogP contribution in [0.2, 0.25) is 0 Å². The maximum Gasteiger partial charge on any atom is 0.164 e. The van der Waals surface area contributed by atoms with E-state index in [2.05, 4.69) is 135 Å². The van der Waals surface area contributed by atoms with Gasteiger partial charge in [-0.1, -0.05) is 128 Å². The predicted molar refractivity (Wildman–Crippen MR) is 199 cm³/mol. The summed E-state index contributed by atoms with van der Waals surface area (Å²) in [4.78, 5) is 15.4. The summed E-state index contributed by atoms with van der Waals surface area (Å²) < 4.78 is 6.19. The van der Waals surface area contributed by atoms with Crippen LogP contribution in [-0.4, -0.2) is 15.0 Å². The summed E-state index contributed by atoms with van der Waals surface area (Å²) >= 11 is 0. The van der Waals surface area contributed by atoms with Crippen LogP contribution in [0.3, 0.4) is 0 Å². The summed E-state index contributed by atoms with van der Waals surface area (Å²) in [6, 6.07) is 48.4. The Kier molecular flexibility index (Phi) is 6.47. The summed E-state index contributed by atoms with van der Waals surface area (Å²) in [5.74, 6) is 2.62. The van der Waals surface area contributed by atoms with Crippen molar-refractivity contribution in [2.24, 2.45) is 0 Å². The zero-order valence-corrected chi connectivity index (χ0v) is 26.3. The molecular weight excluding hydrogens is 587 g/mol. The lowest BCUT2D eigenvalue weighted by Crippen LogP contribution is -2.02. The van der Waals surface area contributed by atoms with Crippen LogP contribution in [0.15, 0.2) is 151 Å². The van der Waals surface area contributed by atoms with Gasteiger partial charge in [-0.3, -0.25) is 0 Å². The Hall–Kier alpha value is -6.39. The smallest absolute Gasteiger partial charge is 0.164 e. The molecule has 4 heteroatoms. The van der Waals surface area contributed by atoms with Crippen LogP contribution in [0.4, 0.5) is 0 Å². The van der Waals surface area contributed by atoms with Gasteiger partial charge >= 0.3 is 0 Å². The number of benzene rings is 7. The van der Waals surface area contributed by atoms with Gasteiger partial charge in [-0.15, -0.1) is 0 Å². The quantitative estimate of drug-likeness (QED) is 0.181. The molecule has 0 fully saturated rings. The molecule has 7 aromatic carbocycles. The van der Waals surface area contributed by atoms with Gasteiger partial charge in [-0.2, -0.15) is 0 Å². The molecule has 0 spiro atoms. The number of hydrogen-bond donors (Lipinski definition) is 0. The van der Waals surface area contributed by atoms with Crippen LogP contribution in [0.25, 0.3) is 94.7 Å². The van der Waals surface area contributed by atoms with Gasteiger partial charge in [-0.05, 0) is 74.6 Å². The Labute approximate surface area is 277 Å². The molecule has 0 aliphatic carbocycles. The highest BCUT2D eigenvalue weighted by Gasteiger charge is 2.20. The largest absolute Gasteiger partial charge is 0.456 e. The summed E-state index contributed by atoms with van der Waals surface area (Å²) in [7, 11) is 0. The van der Waals surface area contributed by atoms with Crippen LogP contribution in [0, 0.1) is 6.92 Å². The summed E-state index contributed by atoms with van der Waals surface area (Å²) in [6.07, 6.45) is 1.78. The highest BCUT2D eigenvalue weighted by atomic mass is 16.3. The second-order valence-electron chi connectivity index (χ2n) is 12.1. The maximum atomic E-state index is 6.19. The number of fused-ring (bicyclic) bond motifs is 5. The minimum atomic E-state index is 0.620. The third-order valence-corrected chi connectivity index (χ3v) is 9.30. The van der Waals surface area contributed by atoms with Crippen LogP contribution in [-0.2, 0) is 0 Å². The van der Waals surface area contributed by atoms with Crippen LogP contribution in [0.5, 0.6) is 0 Å². The summed E-state index contributed by atoms with van der Waals surface area (Å²) in [5, 5.41) is 8.15. The van der Waals surface area contributed by atoms with Crippen molar-refractivity contribution >= 4 is 49.4 Å². The predicted octanol–water partition coefficient (Wildman–Crippen LogP) is 11.7. The molecular formula is C44H29N3O. The number of hydrogen-bond acceptors (Lipinski definition) is 4. The van der Waals surface area contributed by atoms with E-state index in [9.17, 15) is 0 Å². The van der Waals surface area contributed by atoms with Crippen molar-refractivity contribution in [2.75, 3.05) is 0 Å². The van der Waals surface area contributed by atoms with Gasteiger partial charge in [0, 0.05) is 27.6 Å². The molecule has 0 atom stereocenters. The monoisotopic (exact) mass is 615 g/mol.